The summed E-state index contributed by atoms with van der Waals surface area (Å²) in [6, 6.07) is 3.10. The van der Waals surface area contributed by atoms with Crippen LogP contribution in [0.4, 0.5) is 5.69 Å². The van der Waals surface area contributed by atoms with Crippen molar-refractivity contribution < 1.29 is 19.6 Å². The van der Waals surface area contributed by atoms with Gasteiger partial charge in [-0.3, -0.25) is 10.1 Å². The van der Waals surface area contributed by atoms with Crippen LogP contribution in [0.2, 0.25) is 0 Å². The SMILES string of the molecule is CCOC(=O)c1ccc([O-])c([N+](=O)[O-])c1. The zero-order valence-corrected chi connectivity index (χ0v) is 7.93. The van der Waals surface area contributed by atoms with Gasteiger partial charge in [-0.1, -0.05) is 6.07 Å². The van der Waals surface area contributed by atoms with Crippen molar-refractivity contribution >= 4 is 11.7 Å². The van der Waals surface area contributed by atoms with E-state index in [0.717, 1.165) is 12.1 Å². The first kappa shape index (κ1) is 11.0. The number of carbonyl (C=O) groups is 1. The summed E-state index contributed by atoms with van der Waals surface area (Å²) in [6.45, 7) is 1.79. The second kappa shape index (κ2) is 4.41. The number of nitrogens with zero attached hydrogens (tertiary/aromatic N) is 1. The lowest BCUT2D eigenvalue weighted by molar-refractivity contribution is -0.398. The predicted octanol–water partition coefficient (Wildman–Crippen LogP) is 0.845. The van der Waals surface area contributed by atoms with Crippen LogP contribution in [0.5, 0.6) is 5.75 Å². The molecule has 0 unspecified atom stereocenters. The first-order valence-corrected chi connectivity index (χ1v) is 4.18. The van der Waals surface area contributed by atoms with E-state index in [0.29, 0.717) is 0 Å². The topological polar surface area (TPSA) is 92.5 Å². The number of esters is 1. The fourth-order valence-corrected chi connectivity index (χ4v) is 1.00. The number of hydrogen-bond donors (Lipinski definition) is 0. The van der Waals surface area contributed by atoms with E-state index in [-0.39, 0.29) is 12.2 Å². The molecule has 0 atom stereocenters. The van der Waals surface area contributed by atoms with E-state index in [4.69, 9.17) is 0 Å². The second-order valence-electron chi connectivity index (χ2n) is 2.66. The summed E-state index contributed by atoms with van der Waals surface area (Å²) in [7, 11) is 0. The van der Waals surface area contributed by atoms with Gasteiger partial charge in [-0.25, -0.2) is 4.79 Å². The Morgan fingerprint density at radius 1 is 1.53 bits per heavy atom. The van der Waals surface area contributed by atoms with E-state index in [1.165, 1.54) is 6.07 Å². The number of nitro benzene ring substituents is 1. The molecule has 1 aromatic carbocycles. The molecule has 0 radical (unpaired) electrons. The van der Waals surface area contributed by atoms with Gasteiger partial charge in [0.15, 0.2) is 0 Å². The Balaban J connectivity index is 3.07. The van der Waals surface area contributed by atoms with Crippen LogP contribution in [0, 0.1) is 10.1 Å². The molecule has 0 aliphatic rings. The van der Waals surface area contributed by atoms with Gasteiger partial charge in [-0.2, -0.15) is 0 Å². The molecule has 1 aromatic rings. The van der Waals surface area contributed by atoms with Gasteiger partial charge in [-0.05, 0) is 18.7 Å². The zero-order chi connectivity index (χ0) is 11.4. The van der Waals surface area contributed by atoms with Crippen molar-refractivity contribution in [2.45, 2.75) is 6.92 Å². The summed E-state index contributed by atoms with van der Waals surface area (Å²) in [5.74, 6) is -1.41. The highest BCUT2D eigenvalue weighted by Gasteiger charge is 2.13. The lowest BCUT2D eigenvalue weighted by Crippen LogP contribution is -2.06. The fraction of sp³-hybridized carbons (Fsp3) is 0.222. The number of rotatable bonds is 3. The van der Waals surface area contributed by atoms with Gasteiger partial charge >= 0.3 is 5.97 Å². The Hall–Kier alpha value is -2.11. The molecule has 80 valence electrons. The predicted molar refractivity (Wildman–Crippen MR) is 48.5 cm³/mol. The number of ether oxygens (including phenoxy) is 1. The molecule has 0 N–H and O–H groups in total. The standard InChI is InChI=1S/C9H9NO5/c1-2-15-9(12)6-3-4-8(11)7(5-6)10(13)14/h3-5,11H,2H2,1H3/p-1. The molecule has 6 heteroatoms. The minimum Gasteiger partial charge on any atom is -0.868 e. The Bertz CT molecular complexity index is 401. The third-order valence-corrected chi connectivity index (χ3v) is 1.67. The first-order chi connectivity index (χ1) is 7.06. The molecule has 0 aliphatic heterocycles. The molecule has 0 bridgehead atoms. The summed E-state index contributed by atoms with van der Waals surface area (Å²) in [5.41, 5.74) is -0.622. The molecule has 0 aliphatic carbocycles. The fourth-order valence-electron chi connectivity index (χ4n) is 1.00. The highest BCUT2D eigenvalue weighted by molar-refractivity contribution is 5.90. The molecule has 1 rings (SSSR count). The minimum atomic E-state index is -0.828. The zero-order valence-electron chi connectivity index (χ0n) is 7.93. The van der Waals surface area contributed by atoms with Crippen molar-refractivity contribution in [2.75, 3.05) is 6.61 Å². The average molecular weight is 210 g/mol. The lowest BCUT2D eigenvalue weighted by Gasteiger charge is -2.07. The summed E-state index contributed by atoms with van der Waals surface area (Å²) >= 11 is 0. The quantitative estimate of drug-likeness (QED) is 0.418. The smallest absolute Gasteiger partial charge is 0.338 e. The molecule has 15 heavy (non-hydrogen) atoms. The summed E-state index contributed by atoms with van der Waals surface area (Å²) in [5, 5.41) is 21.4. The molecule has 0 aromatic heterocycles. The number of nitro groups is 1. The van der Waals surface area contributed by atoms with Gasteiger partial charge in [0.05, 0.1) is 17.1 Å². The van der Waals surface area contributed by atoms with Crippen molar-refractivity contribution in [3.8, 4) is 5.75 Å². The molecule has 0 amide bonds. The molecule has 0 spiro atoms. The van der Waals surface area contributed by atoms with Crippen molar-refractivity contribution in [2.24, 2.45) is 0 Å². The van der Waals surface area contributed by atoms with Gasteiger partial charge in [0, 0.05) is 6.07 Å². The van der Waals surface area contributed by atoms with Crippen molar-refractivity contribution in [1.82, 2.24) is 0 Å². The Labute approximate surface area is 85.2 Å². The molecule has 0 heterocycles. The van der Waals surface area contributed by atoms with E-state index < -0.39 is 22.3 Å². The molecule has 0 saturated heterocycles. The molecular formula is C9H8NO5-. The third kappa shape index (κ3) is 2.43. The summed E-state index contributed by atoms with van der Waals surface area (Å²) < 4.78 is 4.64. The lowest BCUT2D eigenvalue weighted by atomic mass is 10.2. The van der Waals surface area contributed by atoms with Crippen LogP contribution in [0.15, 0.2) is 18.2 Å². The number of benzene rings is 1. The number of hydrogen-bond acceptors (Lipinski definition) is 5. The van der Waals surface area contributed by atoms with E-state index in [1.54, 1.807) is 6.92 Å². The van der Waals surface area contributed by atoms with Crippen LogP contribution in [-0.4, -0.2) is 17.5 Å². The molecule has 6 nitrogen and oxygen atoms in total. The monoisotopic (exact) mass is 210 g/mol. The van der Waals surface area contributed by atoms with E-state index in [1.807, 2.05) is 0 Å². The maximum absolute atomic E-state index is 11.2. The maximum atomic E-state index is 11.2. The minimum absolute atomic E-state index is 0.00292. The highest BCUT2D eigenvalue weighted by atomic mass is 16.6. The molecular weight excluding hydrogens is 202 g/mol. The summed E-state index contributed by atoms with van der Waals surface area (Å²) in [6.07, 6.45) is 0. The number of carbonyl (C=O) groups excluding carboxylic acids is 1. The van der Waals surface area contributed by atoms with Gasteiger partial charge in [-0.15, -0.1) is 0 Å². The van der Waals surface area contributed by atoms with Crippen LogP contribution in [0.3, 0.4) is 0 Å². The van der Waals surface area contributed by atoms with E-state index in [2.05, 4.69) is 4.74 Å². The molecule has 0 fully saturated rings. The normalized spacial score (nSPS) is 9.67. The first-order valence-electron chi connectivity index (χ1n) is 4.18. The summed E-state index contributed by atoms with van der Waals surface area (Å²) in [4.78, 5) is 20.8. The van der Waals surface area contributed by atoms with Gasteiger partial charge < -0.3 is 9.84 Å². The second-order valence-corrected chi connectivity index (χ2v) is 2.66. The largest absolute Gasteiger partial charge is 0.868 e. The van der Waals surface area contributed by atoms with Crippen LogP contribution >= 0.6 is 0 Å². The Morgan fingerprint density at radius 3 is 2.73 bits per heavy atom. The average Bonchev–Trinajstić information content (AvgIpc) is 2.18. The van der Waals surface area contributed by atoms with Crippen LogP contribution < -0.4 is 5.11 Å². The van der Waals surface area contributed by atoms with Crippen molar-refractivity contribution in [3.05, 3.63) is 33.9 Å². The highest BCUT2D eigenvalue weighted by Crippen LogP contribution is 2.23. The van der Waals surface area contributed by atoms with Gasteiger partial charge in [0.25, 0.3) is 5.69 Å². The van der Waals surface area contributed by atoms with Crippen LogP contribution in [0.1, 0.15) is 17.3 Å². The van der Waals surface area contributed by atoms with Crippen LogP contribution in [-0.2, 0) is 4.74 Å². The Morgan fingerprint density at radius 2 is 2.20 bits per heavy atom. The van der Waals surface area contributed by atoms with Crippen molar-refractivity contribution in [3.63, 3.8) is 0 Å². The van der Waals surface area contributed by atoms with Gasteiger partial charge in [0.1, 0.15) is 0 Å². The van der Waals surface area contributed by atoms with Crippen LogP contribution in [0.25, 0.3) is 0 Å². The third-order valence-electron chi connectivity index (χ3n) is 1.67. The van der Waals surface area contributed by atoms with E-state index in [9.17, 15) is 20.0 Å². The van der Waals surface area contributed by atoms with Gasteiger partial charge in [0.2, 0.25) is 0 Å². The maximum Gasteiger partial charge on any atom is 0.338 e. The molecule has 0 saturated carbocycles. The van der Waals surface area contributed by atoms with Crippen molar-refractivity contribution in [1.29, 1.82) is 0 Å². The van der Waals surface area contributed by atoms with E-state index >= 15 is 0 Å². The Kier molecular flexibility index (Phi) is 3.22.